The molecule has 1 aliphatic carbocycles. The van der Waals surface area contributed by atoms with Gasteiger partial charge in [-0.1, -0.05) is 40.7 Å². The number of para-hydroxylation sites is 1. The van der Waals surface area contributed by atoms with Crippen LogP contribution in [0.15, 0.2) is 52.1 Å². The first-order valence-corrected chi connectivity index (χ1v) is 9.53. The van der Waals surface area contributed by atoms with E-state index in [0.717, 1.165) is 24.2 Å². The summed E-state index contributed by atoms with van der Waals surface area (Å²) in [5.41, 5.74) is 1.33. The van der Waals surface area contributed by atoms with Gasteiger partial charge in [0.1, 0.15) is 5.03 Å². The predicted molar refractivity (Wildman–Crippen MR) is 100 cm³/mol. The second-order valence-electron chi connectivity index (χ2n) is 5.90. The van der Waals surface area contributed by atoms with Crippen molar-refractivity contribution in [3.63, 3.8) is 0 Å². The van der Waals surface area contributed by atoms with E-state index < -0.39 is 0 Å². The fraction of sp³-hybridized carbons (Fsp3) is 0.222. The van der Waals surface area contributed by atoms with E-state index in [4.69, 9.17) is 16.1 Å². The summed E-state index contributed by atoms with van der Waals surface area (Å²) in [7, 11) is 0. The molecular weight excluding hydrogens is 372 g/mol. The number of anilines is 1. The molecule has 0 spiro atoms. The van der Waals surface area contributed by atoms with Gasteiger partial charge in [0, 0.05) is 12.1 Å². The fourth-order valence-corrected chi connectivity index (χ4v) is 3.37. The number of nitrogens with zero attached hydrogens (tertiary/aromatic N) is 3. The molecule has 4 rings (SSSR count). The van der Waals surface area contributed by atoms with Crippen LogP contribution in [0.5, 0.6) is 0 Å². The van der Waals surface area contributed by atoms with Crippen LogP contribution in [0.3, 0.4) is 0 Å². The average molecular weight is 387 g/mol. The van der Waals surface area contributed by atoms with Crippen molar-refractivity contribution in [1.29, 1.82) is 0 Å². The van der Waals surface area contributed by atoms with Crippen LogP contribution in [0.2, 0.25) is 5.02 Å². The number of hydrogen-bond acceptors (Lipinski definition) is 6. The number of rotatable bonds is 6. The Balaban J connectivity index is 1.45. The Morgan fingerprint density at radius 1 is 1.27 bits per heavy atom. The smallest absolute Gasteiger partial charge is 0.260 e. The molecule has 132 valence electrons. The van der Waals surface area contributed by atoms with E-state index in [2.05, 4.69) is 20.4 Å². The van der Waals surface area contributed by atoms with Crippen LogP contribution in [-0.4, -0.2) is 26.8 Å². The third kappa shape index (κ3) is 3.89. The SMILES string of the molecule is O=C(CSc1ncccc1-c1nc(C2CC2)no1)Nc1ccccc1Cl. The highest BCUT2D eigenvalue weighted by Gasteiger charge is 2.29. The van der Waals surface area contributed by atoms with Crippen molar-refractivity contribution in [2.45, 2.75) is 23.8 Å². The Morgan fingerprint density at radius 3 is 2.92 bits per heavy atom. The Morgan fingerprint density at radius 2 is 2.12 bits per heavy atom. The van der Waals surface area contributed by atoms with Crippen LogP contribution in [0.25, 0.3) is 11.5 Å². The van der Waals surface area contributed by atoms with Gasteiger partial charge in [-0.15, -0.1) is 0 Å². The molecule has 1 saturated carbocycles. The van der Waals surface area contributed by atoms with Crippen LogP contribution in [0.4, 0.5) is 5.69 Å². The summed E-state index contributed by atoms with van der Waals surface area (Å²) in [4.78, 5) is 21.0. The van der Waals surface area contributed by atoms with Crippen molar-refractivity contribution >= 4 is 35.0 Å². The van der Waals surface area contributed by atoms with Gasteiger partial charge in [0.25, 0.3) is 5.89 Å². The van der Waals surface area contributed by atoms with Gasteiger partial charge in [-0.2, -0.15) is 4.98 Å². The molecule has 1 aromatic carbocycles. The number of pyridine rings is 1. The van der Waals surface area contributed by atoms with E-state index in [1.165, 1.54) is 11.8 Å². The Bertz CT molecular complexity index is 942. The number of carbonyl (C=O) groups excluding carboxylic acids is 1. The number of amides is 1. The first kappa shape index (κ1) is 17.1. The third-order valence-corrected chi connectivity index (χ3v) is 5.21. The van der Waals surface area contributed by atoms with Crippen molar-refractivity contribution in [2.75, 3.05) is 11.1 Å². The number of halogens is 1. The fourth-order valence-electron chi connectivity index (χ4n) is 2.40. The van der Waals surface area contributed by atoms with Crippen LogP contribution >= 0.6 is 23.4 Å². The van der Waals surface area contributed by atoms with Gasteiger partial charge in [0.2, 0.25) is 5.91 Å². The lowest BCUT2D eigenvalue weighted by atomic mass is 10.3. The third-order valence-electron chi connectivity index (χ3n) is 3.87. The summed E-state index contributed by atoms with van der Waals surface area (Å²) >= 11 is 7.38. The normalized spacial score (nSPS) is 13.6. The largest absolute Gasteiger partial charge is 0.334 e. The number of nitrogens with one attached hydrogen (secondary N) is 1. The van der Waals surface area contributed by atoms with Gasteiger partial charge >= 0.3 is 0 Å². The van der Waals surface area contributed by atoms with Crippen LogP contribution in [-0.2, 0) is 4.79 Å². The highest BCUT2D eigenvalue weighted by molar-refractivity contribution is 8.00. The summed E-state index contributed by atoms with van der Waals surface area (Å²) in [6.45, 7) is 0. The monoisotopic (exact) mass is 386 g/mol. The minimum Gasteiger partial charge on any atom is -0.334 e. The molecule has 1 aliphatic rings. The molecule has 0 radical (unpaired) electrons. The minimum atomic E-state index is -0.163. The van der Waals surface area contributed by atoms with E-state index in [0.29, 0.717) is 27.5 Å². The molecule has 1 amide bonds. The van der Waals surface area contributed by atoms with E-state index in [1.54, 1.807) is 18.3 Å². The molecule has 26 heavy (non-hydrogen) atoms. The Hall–Kier alpha value is -2.38. The van der Waals surface area contributed by atoms with Crippen molar-refractivity contribution in [3.05, 3.63) is 53.4 Å². The second-order valence-corrected chi connectivity index (χ2v) is 7.28. The molecule has 0 unspecified atom stereocenters. The number of benzene rings is 1. The van der Waals surface area contributed by atoms with Gasteiger partial charge in [-0.05, 0) is 37.1 Å². The molecule has 0 saturated heterocycles. The van der Waals surface area contributed by atoms with E-state index in [-0.39, 0.29) is 11.7 Å². The van der Waals surface area contributed by atoms with Gasteiger partial charge in [-0.3, -0.25) is 4.79 Å². The van der Waals surface area contributed by atoms with Crippen LogP contribution in [0.1, 0.15) is 24.6 Å². The molecule has 0 atom stereocenters. The highest BCUT2D eigenvalue weighted by Crippen LogP contribution is 2.39. The zero-order chi connectivity index (χ0) is 17.9. The average Bonchev–Trinajstić information content (AvgIpc) is 3.39. The van der Waals surface area contributed by atoms with E-state index >= 15 is 0 Å². The molecule has 1 N–H and O–H groups in total. The van der Waals surface area contributed by atoms with Crippen molar-refractivity contribution < 1.29 is 9.32 Å². The van der Waals surface area contributed by atoms with E-state index in [1.807, 2.05) is 24.3 Å². The summed E-state index contributed by atoms with van der Waals surface area (Å²) in [6, 6.07) is 10.8. The number of carbonyl (C=O) groups is 1. The molecule has 0 aliphatic heterocycles. The number of aromatic nitrogens is 3. The number of hydrogen-bond donors (Lipinski definition) is 1. The van der Waals surface area contributed by atoms with Gasteiger partial charge in [0.15, 0.2) is 5.82 Å². The summed E-state index contributed by atoms with van der Waals surface area (Å²) in [6.07, 6.45) is 3.89. The molecule has 3 aromatic rings. The first-order chi connectivity index (χ1) is 12.7. The van der Waals surface area contributed by atoms with Crippen LogP contribution < -0.4 is 5.32 Å². The molecule has 2 aromatic heterocycles. The highest BCUT2D eigenvalue weighted by atomic mass is 35.5. The van der Waals surface area contributed by atoms with Crippen molar-refractivity contribution in [2.24, 2.45) is 0 Å². The molecule has 6 nitrogen and oxygen atoms in total. The molecule has 0 bridgehead atoms. The Labute approximate surface area is 159 Å². The molecule has 8 heteroatoms. The van der Waals surface area contributed by atoms with Crippen molar-refractivity contribution in [3.8, 4) is 11.5 Å². The minimum absolute atomic E-state index is 0.163. The molecule has 2 heterocycles. The standard InChI is InChI=1S/C18H15ClN4O2S/c19-13-5-1-2-6-14(13)21-15(24)10-26-18-12(4-3-9-20-18)17-22-16(23-25-17)11-7-8-11/h1-6,9,11H,7-8,10H2,(H,21,24). The predicted octanol–water partition coefficient (Wildman–Crippen LogP) is 4.39. The van der Waals surface area contributed by atoms with Crippen LogP contribution in [0, 0.1) is 0 Å². The van der Waals surface area contributed by atoms with Gasteiger partial charge in [-0.25, -0.2) is 4.98 Å². The van der Waals surface area contributed by atoms with E-state index in [9.17, 15) is 4.79 Å². The lowest BCUT2D eigenvalue weighted by molar-refractivity contribution is -0.113. The maximum atomic E-state index is 12.2. The maximum Gasteiger partial charge on any atom is 0.260 e. The Kier molecular flexibility index (Phi) is 4.90. The second kappa shape index (κ2) is 7.47. The van der Waals surface area contributed by atoms with Gasteiger partial charge < -0.3 is 9.84 Å². The quantitative estimate of drug-likeness (QED) is 0.632. The molecule has 1 fully saturated rings. The van der Waals surface area contributed by atoms with Gasteiger partial charge in [0.05, 0.1) is 22.0 Å². The first-order valence-electron chi connectivity index (χ1n) is 8.17. The summed E-state index contributed by atoms with van der Waals surface area (Å²) in [5, 5.41) is 8.01. The lowest BCUT2D eigenvalue weighted by Gasteiger charge is -2.07. The zero-order valence-electron chi connectivity index (χ0n) is 13.7. The zero-order valence-corrected chi connectivity index (χ0v) is 15.3. The lowest BCUT2D eigenvalue weighted by Crippen LogP contribution is -2.14. The summed E-state index contributed by atoms with van der Waals surface area (Å²) in [5.74, 6) is 1.63. The molecular formula is C18H15ClN4O2S. The van der Waals surface area contributed by atoms with Crippen molar-refractivity contribution in [1.82, 2.24) is 15.1 Å². The number of thioether (sulfide) groups is 1. The summed E-state index contributed by atoms with van der Waals surface area (Å²) < 4.78 is 5.38. The maximum absolute atomic E-state index is 12.2. The topological polar surface area (TPSA) is 80.9 Å².